The van der Waals surface area contributed by atoms with Crippen molar-refractivity contribution in [1.29, 1.82) is 0 Å². The Kier molecular flexibility index (Phi) is 5.03. The summed E-state index contributed by atoms with van der Waals surface area (Å²) < 4.78 is 8.56. The van der Waals surface area contributed by atoms with Gasteiger partial charge in [0.25, 0.3) is 5.56 Å². The van der Waals surface area contributed by atoms with Crippen molar-refractivity contribution in [2.75, 3.05) is 0 Å². The number of carbonyl (C=O) groups excluding carboxylic acids is 1. The van der Waals surface area contributed by atoms with Crippen LogP contribution in [0.3, 0.4) is 0 Å². The average molecular weight is 435 g/mol. The lowest BCUT2D eigenvalue weighted by atomic mass is 10.1. The van der Waals surface area contributed by atoms with Crippen molar-refractivity contribution < 1.29 is 9.32 Å². The van der Waals surface area contributed by atoms with Gasteiger partial charge >= 0.3 is 0 Å². The Morgan fingerprint density at radius 1 is 1.34 bits per heavy atom. The zero-order chi connectivity index (χ0) is 22.4. The first kappa shape index (κ1) is 20.4. The van der Waals surface area contributed by atoms with Gasteiger partial charge in [-0.25, -0.2) is 4.98 Å². The first-order valence-electron chi connectivity index (χ1n) is 11.0. The van der Waals surface area contributed by atoms with Crippen LogP contribution in [-0.4, -0.2) is 36.2 Å². The molecule has 1 aliphatic carbocycles. The van der Waals surface area contributed by atoms with Crippen LogP contribution in [0.4, 0.5) is 0 Å². The number of rotatable bonds is 7. The predicted octanol–water partition coefficient (Wildman–Crippen LogP) is 2.88. The molecule has 1 fully saturated rings. The van der Waals surface area contributed by atoms with E-state index in [9.17, 15) is 9.59 Å². The van der Waals surface area contributed by atoms with Gasteiger partial charge in [0.2, 0.25) is 11.8 Å². The summed E-state index contributed by atoms with van der Waals surface area (Å²) in [5.74, 6) is 1.32. The number of nitrogens with one attached hydrogen (secondary N) is 1. The van der Waals surface area contributed by atoms with Gasteiger partial charge in [-0.15, -0.1) is 0 Å². The molecule has 166 valence electrons. The molecule has 4 aromatic rings. The van der Waals surface area contributed by atoms with Crippen LogP contribution in [0, 0.1) is 6.92 Å². The summed E-state index contributed by atoms with van der Waals surface area (Å²) in [6, 6.07) is 5.97. The topological polar surface area (TPSA) is 108 Å². The number of hydrogen-bond donors (Lipinski definition) is 1. The van der Waals surface area contributed by atoms with Gasteiger partial charge in [0, 0.05) is 17.3 Å². The second-order valence-corrected chi connectivity index (χ2v) is 8.68. The summed E-state index contributed by atoms with van der Waals surface area (Å²) in [4.78, 5) is 35.2. The number of aryl methyl sites for hydroxylation is 1. The van der Waals surface area contributed by atoms with Crippen molar-refractivity contribution in [3.8, 4) is 0 Å². The molecule has 32 heavy (non-hydrogen) atoms. The second kappa shape index (κ2) is 7.89. The van der Waals surface area contributed by atoms with Gasteiger partial charge in [0.15, 0.2) is 5.82 Å². The normalized spacial score (nSPS) is 14.8. The third-order valence-electron chi connectivity index (χ3n) is 6.04. The minimum atomic E-state index is -0.244. The Morgan fingerprint density at radius 2 is 2.16 bits per heavy atom. The molecule has 0 spiro atoms. The zero-order valence-electron chi connectivity index (χ0n) is 18.5. The van der Waals surface area contributed by atoms with Gasteiger partial charge in [0.1, 0.15) is 24.1 Å². The molecular formula is C23H26N6O3. The Bertz CT molecular complexity index is 1380. The molecule has 9 nitrogen and oxygen atoms in total. The number of aromatic nitrogens is 5. The van der Waals surface area contributed by atoms with Gasteiger partial charge in [-0.1, -0.05) is 23.7 Å². The van der Waals surface area contributed by atoms with Crippen molar-refractivity contribution in [1.82, 2.24) is 29.6 Å². The first-order valence-corrected chi connectivity index (χ1v) is 11.0. The molecule has 1 aromatic carbocycles. The Balaban J connectivity index is 1.59. The van der Waals surface area contributed by atoms with E-state index in [-0.39, 0.29) is 30.6 Å². The van der Waals surface area contributed by atoms with Gasteiger partial charge in [-0.05, 0) is 45.2 Å². The highest BCUT2D eigenvalue weighted by Gasteiger charge is 2.29. The maximum Gasteiger partial charge on any atom is 0.278 e. The Labute approximate surface area is 184 Å². The van der Waals surface area contributed by atoms with Crippen molar-refractivity contribution in [2.45, 2.75) is 65.1 Å². The van der Waals surface area contributed by atoms with E-state index in [1.165, 1.54) is 10.9 Å². The fourth-order valence-corrected chi connectivity index (χ4v) is 3.94. The highest BCUT2D eigenvalue weighted by molar-refractivity contribution is 6.06. The molecule has 3 heterocycles. The van der Waals surface area contributed by atoms with Gasteiger partial charge in [0.05, 0.1) is 11.8 Å². The highest BCUT2D eigenvalue weighted by atomic mass is 16.5. The quantitative estimate of drug-likeness (QED) is 0.479. The lowest BCUT2D eigenvalue weighted by molar-refractivity contribution is -0.122. The average Bonchev–Trinajstić information content (AvgIpc) is 3.44. The van der Waals surface area contributed by atoms with Crippen molar-refractivity contribution in [2.24, 2.45) is 0 Å². The van der Waals surface area contributed by atoms with E-state index < -0.39 is 0 Å². The molecule has 3 aromatic heterocycles. The first-order chi connectivity index (χ1) is 15.4. The van der Waals surface area contributed by atoms with Crippen LogP contribution in [0.2, 0.25) is 0 Å². The number of carbonyl (C=O) groups is 1. The largest absolute Gasteiger partial charge is 0.352 e. The summed E-state index contributed by atoms with van der Waals surface area (Å²) in [6.07, 6.45) is 4.49. The molecule has 9 heteroatoms. The number of hydrogen-bond acceptors (Lipinski definition) is 6. The maximum absolute atomic E-state index is 13.5. The van der Waals surface area contributed by atoms with E-state index >= 15 is 0 Å². The number of fused-ring (bicyclic) bond motifs is 3. The van der Waals surface area contributed by atoms with Gasteiger partial charge in [-0.2, -0.15) is 4.98 Å². The van der Waals surface area contributed by atoms with E-state index in [0.717, 1.165) is 35.7 Å². The monoisotopic (exact) mass is 434 g/mol. The standard InChI is InChI=1S/C23H26N6O3/c1-4-14(3)25-18(30)10-29-17-8-5-13(2)9-16(17)20-21(29)23(31)28(12-24-20)11-19-26-22(27-32-19)15-6-7-15/h5,8-9,12,14-15H,4,6-7,10-11H2,1-3H3,(H,25,30)/t14-/m0/s1. The molecule has 1 N–H and O–H groups in total. The molecular weight excluding hydrogens is 408 g/mol. The Morgan fingerprint density at radius 3 is 2.91 bits per heavy atom. The van der Waals surface area contributed by atoms with E-state index in [4.69, 9.17) is 4.52 Å². The fraction of sp³-hybridized carbons (Fsp3) is 0.435. The zero-order valence-corrected chi connectivity index (χ0v) is 18.5. The highest BCUT2D eigenvalue weighted by Crippen LogP contribution is 2.38. The van der Waals surface area contributed by atoms with Crippen LogP contribution < -0.4 is 10.9 Å². The predicted molar refractivity (Wildman–Crippen MR) is 120 cm³/mol. The summed E-state index contributed by atoms with van der Waals surface area (Å²) >= 11 is 0. The van der Waals surface area contributed by atoms with Crippen LogP contribution in [-0.2, 0) is 17.9 Å². The fourth-order valence-electron chi connectivity index (χ4n) is 3.94. The molecule has 1 saturated carbocycles. The van der Waals surface area contributed by atoms with E-state index in [1.54, 1.807) is 4.57 Å². The van der Waals surface area contributed by atoms with Gasteiger partial charge < -0.3 is 14.4 Å². The maximum atomic E-state index is 13.5. The summed E-state index contributed by atoms with van der Waals surface area (Å²) in [5.41, 5.74) is 2.61. The third kappa shape index (κ3) is 3.68. The molecule has 1 atom stereocenters. The van der Waals surface area contributed by atoms with E-state index in [1.807, 2.05) is 39.0 Å². The lowest BCUT2D eigenvalue weighted by Gasteiger charge is -2.13. The number of nitrogens with zero attached hydrogens (tertiary/aromatic N) is 5. The van der Waals surface area contributed by atoms with Crippen molar-refractivity contribution >= 4 is 27.8 Å². The summed E-state index contributed by atoms with van der Waals surface area (Å²) in [6.45, 7) is 6.15. The smallest absolute Gasteiger partial charge is 0.278 e. The van der Waals surface area contributed by atoms with Crippen LogP contribution in [0.1, 0.15) is 56.3 Å². The molecule has 0 aliphatic heterocycles. The Hall–Kier alpha value is -3.49. The van der Waals surface area contributed by atoms with E-state index in [2.05, 4.69) is 20.4 Å². The van der Waals surface area contributed by atoms with E-state index in [0.29, 0.717) is 28.7 Å². The molecule has 0 saturated heterocycles. The third-order valence-corrected chi connectivity index (χ3v) is 6.04. The molecule has 0 radical (unpaired) electrons. The lowest BCUT2D eigenvalue weighted by Crippen LogP contribution is -2.35. The van der Waals surface area contributed by atoms with Crippen LogP contribution in [0.5, 0.6) is 0 Å². The minimum Gasteiger partial charge on any atom is -0.352 e. The molecule has 0 unspecified atom stereocenters. The van der Waals surface area contributed by atoms with Crippen LogP contribution in [0.25, 0.3) is 21.9 Å². The molecule has 0 bridgehead atoms. The van der Waals surface area contributed by atoms with Crippen molar-refractivity contribution in [3.63, 3.8) is 0 Å². The van der Waals surface area contributed by atoms with Crippen LogP contribution >= 0.6 is 0 Å². The molecule has 1 aliphatic rings. The summed E-state index contributed by atoms with van der Waals surface area (Å²) in [5, 5.41) is 7.86. The SMILES string of the molecule is CC[C@H](C)NC(=O)Cn1c2ccc(C)cc2c2ncn(Cc3nc(C4CC4)no3)c(=O)c21. The molecule has 1 amide bonds. The van der Waals surface area contributed by atoms with Crippen molar-refractivity contribution in [3.05, 3.63) is 52.2 Å². The minimum absolute atomic E-state index is 0.0424. The second-order valence-electron chi connectivity index (χ2n) is 8.68. The number of amides is 1. The van der Waals surface area contributed by atoms with Gasteiger partial charge in [-0.3, -0.25) is 14.2 Å². The molecule has 5 rings (SSSR count). The van der Waals surface area contributed by atoms with Crippen LogP contribution in [0.15, 0.2) is 33.8 Å². The number of benzene rings is 1. The summed E-state index contributed by atoms with van der Waals surface area (Å²) in [7, 11) is 0.